The van der Waals surface area contributed by atoms with Gasteiger partial charge in [0.15, 0.2) is 11.3 Å². The van der Waals surface area contributed by atoms with Crippen LogP contribution in [0.4, 0.5) is 5.69 Å². The monoisotopic (exact) mass is 394 g/mol. The molecule has 8 heteroatoms. The van der Waals surface area contributed by atoms with Gasteiger partial charge in [0.2, 0.25) is 0 Å². The molecule has 0 spiro atoms. The molecule has 0 bridgehead atoms. The highest BCUT2D eigenvalue weighted by atomic mass is 35.5. The van der Waals surface area contributed by atoms with Crippen LogP contribution in [0.1, 0.15) is 33.0 Å². The van der Waals surface area contributed by atoms with Crippen LogP contribution in [-0.4, -0.2) is 30.3 Å². The summed E-state index contributed by atoms with van der Waals surface area (Å²) in [6.07, 6.45) is 3.30. The Labute approximate surface area is 167 Å². The normalized spacial score (nSPS) is 11.1. The molecule has 142 valence electrons. The smallest absolute Gasteiger partial charge is 0.277 e. The molecule has 4 aromatic rings. The number of hydrogen-bond donors (Lipinski definition) is 1. The van der Waals surface area contributed by atoms with Crippen molar-refractivity contribution >= 4 is 28.8 Å². The van der Waals surface area contributed by atoms with Crippen molar-refractivity contribution in [3.8, 4) is 0 Å². The van der Waals surface area contributed by atoms with Crippen LogP contribution in [0.25, 0.3) is 5.65 Å². The largest absolute Gasteiger partial charge is 0.317 e. The van der Waals surface area contributed by atoms with Gasteiger partial charge in [-0.25, -0.2) is 9.50 Å². The van der Waals surface area contributed by atoms with E-state index >= 15 is 0 Å². The number of aromatic nitrogens is 5. The molecule has 1 N–H and O–H groups in total. The minimum Gasteiger partial charge on any atom is -0.317 e. The molecule has 0 atom stereocenters. The second kappa shape index (κ2) is 7.09. The first kappa shape index (κ1) is 18.2. The van der Waals surface area contributed by atoms with Crippen molar-refractivity contribution in [2.45, 2.75) is 27.3 Å². The first-order chi connectivity index (χ1) is 13.4. The molecular weight excluding hydrogens is 376 g/mol. The van der Waals surface area contributed by atoms with Crippen LogP contribution in [0.2, 0.25) is 5.02 Å². The van der Waals surface area contributed by atoms with Crippen molar-refractivity contribution in [3.05, 3.63) is 76.0 Å². The summed E-state index contributed by atoms with van der Waals surface area (Å²) in [7, 11) is 0. The van der Waals surface area contributed by atoms with Crippen molar-refractivity contribution in [3.63, 3.8) is 0 Å². The van der Waals surface area contributed by atoms with Gasteiger partial charge < -0.3 is 5.32 Å². The van der Waals surface area contributed by atoms with Gasteiger partial charge in [0.25, 0.3) is 5.91 Å². The summed E-state index contributed by atoms with van der Waals surface area (Å²) in [4.78, 5) is 16.9. The highest BCUT2D eigenvalue weighted by Gasteiger charge is 2.21. The molecule has 0 unspecified atom stereocenters. The lowest BCUT2D eigenvalue weighted by Crippen LogP contribution is -2.14. The van der Waals surface area contributed by atoms with Crippen LogP contribution < -0.4 is 5.32 Å². The molecule has 3 aromatic heterocycles. The number of benzene rings is 1. The van der Waals surface area contributed by atoms with E-state index in [4.69, 9.17) is 11.6 Å². The Kier molecular flexibility index (Phi) is 4.60. The van der Waals surface area contributed by atoms with Crippen LogP contribution in [0.15, 0.2) is 42.7 Å². The van der Waals surface area contributed by atoms with Crippen molar-refractivity contribution in [2.24, 2.45) is 0 Å². The number of rotatable bonds is 4. The summed E-state index contributed by atoms with van der Waals surface area (Å²) in [5, 5.41) is 11.9. The van der Waals surface area contributed by atoms with E-state index in [1.807, 2.05) is 18.5 Å². The van der Waals surface area contributed by atoms with Gasteiger partial charge in [0.05, 0.1) is 23.6 Å². The SMILES string of the molecule is Cc1ccc(Cn2nc(C)c(NC(=O)c3nn4cccnc4c3Cl)c2C)cc1. The van der Waals surface area contributed by atoms with Crippen molar-refractivity contribution in [1.29, 1.82) is 0 Å². The molecule has 1 amide bonds. The minimum absolute atomic E-state index is 0.130. The number of nitrogens with zero attached hydrogens (tertiary/aromatic N) is 5. The molecule has 0 aliphatic heterocycles. The topological polar surface area (TPSA) is 77.1 Å². The van der Waals surface area contributed by atoms with Gasteiger partial charge in [0.1, 0.15) is 5.02 Å². The van der Waals surface area contributed by atoms with Crippen molar-refractivity contribution in [1.82, 2.24) is 24.4 Å². The van der Waals surface area contributed by atoms with E-state index in [-0.39, 0.29) is 10.7 Å². The standard InChI is InChI=1S/C20H19ClN6O/c1-12-5-7-15(8-6-12)11-27-14(3)17(13(2)24-27)23-20(28)18-16(21)19-22-9-4-10-26(19)25-18/h4-10H,11H2,1-3H3,(H,23,28). The quantitative estimate of drug-likeness (QED) is 0.571. The summed E-state index contributed by atoms with van der Waals surface area (Å²) in [5.74, 6) is -0.392. The molecule has 1 aromatic carbocycles. The summed E-state index contributed by atoms with van der Waals surface area (Å²) in [6.45, 7) is 6.47. The first-order valence-electron chi connectivity index (χ1n) is 8.84. The van der Waals surface area contributed by atoms with E-state index in [2.05, 4.69) is 51.7 Å². The maximum absolute atomic E-state index is 12.8. The summed E-state index contributed by atoms with van der Waals surface area (Å²) in [5.41, 5.74) is 5.19. The Morgan fingerprint density at radius 1 is 1.14 bits per heavy atom. The Hall–Kier alpha value is -3.19. The second-order valence-electron chi connectivity index (χ2n) is 6.69. The van der Waals surface area contributed by atoms with E-state index in [1.165, 1.54) is 10.1 Å². The number of fused-ring (bicyclic) bond motifs is 1. The number of hydrogen-bond acceptors (Lipinski definition) is 4. The molecule has 4 rings (SSSR count). The number of amides is 1. The molecule has 0 saturated heterocycles. The Bertz CT molecular complexity index is 1180. The number of halogens is 1. The van der Waals surface area contributed by atoms with Crippen LogP contribution >= 0.6 is 11.6 Å². The molecule has 28 heavy (non-hydrogen) atoms. The van der Waals surface area contributed by atoms with E-state index in [9.17, 15) is 4.79 Å². The van der Waals surface area contributed by atoms with Crippen LogP contribution in [0.5, 0.6) is 0 Å². The van der Waals surface area contributed by atoms with Gasteiger partial charge in [-0.1, -0.05) is 41.4 Å². The van der Waals surface area contributed by atoms with Gasteiger partial charge in [-0.15, -0.1) is 0 Å². The predicted molar refractivity (Wildman–Crippen MR) is 108 cm³/mol. The average Bonchev–Trinajstić information content (AvgIpc) is 3.15. The Balaban J connectivity index is 1.60. The van der Waals surface area contributed by atoms with Crippen LogP contribution in [0.3, 0.4) is 0 Å². The fraction of sp³-hybridized carbons (Fsp3) is 0.200. The van der Waals surface area contributed by atoms with Gasteiger partial charge in [0, 0.05) is 12.4 Å². The third-order valence-electron chi connectivity index (χ3n) is 4.63. The number of anilines is 1. The van der Waals surface area contributed by atoms with Crippen molar-refractivity contribution < 1.29 is 4.79 Å². The molecule has 7 nitrogen and oxygen atoms in total. The molecule has 0 aliphatic rings. The summed E-state index contributed by atoms with van der Waals surface area (Å²) < 4.78 is 3.36. The number of carbonyl (C=O) groups is 1. The zero-order valence-electron chi connectivity index (χ0n) is 15.8. The molecule has 0 aliphatic carbocycles. The molecule has 0 fully saturated rings. The second-order valence-corrected chi connectivity index (χ2v) is 7.07. The third kappa shape index (κ3) is 3.25. The Morgan fingerprint density at radius 3 is 2.61 bits per heavy atom. The van der Waals surface area contributed by atoms with E-state index in [0.29, 0.717) is 17.9 Å². The third-order valence-corrected chi connectivity index (χ3v) is 4.98. The number of aryl methyl sites for hydroxylation is 2. The highest BCUT2D eigenvalue weighted by molar-refractivity contribution is 6.37. The van der Waals surface area contributed by atoms with Gasteiger partial charge in [-0.2, -0.15) is 10.2 Å². The molecule has 0 radical (unpaired) electrons. The van der Waals surface area contributed by atoms with Gasteiger partial charge in [-0.05, 0) is 32.4 Å². The van der Waals surface area contributed by atoms with Crippen LogP contribution in [0, 0.1) is 20.8 Å². The number of carbonyl (C=O) groups excluding carboxylic acids is 1. The zero-order valence-corrected chi connectivity index (χ0v) is 16.5. The lowest BCUT2D eigenvalue weighted by molar-refractivity contribution is 0.102. The molecule has 0 saturated carbocycles. The highest BCUT2D eigenvalue weighted by Crippen LogP contribution is 2.24. The predicted octanol–water partition coefficient (Wildman–Crippen LogP) is 3.81. The van der Waals surface area contributed by atoms with E-state index in [1.54, 1.807) is 18.5 Å². The lowest BCUT2D eigenvalue weighted by atomic mass is 10.1. The van der Waals surface area contributed by atoms with Gasteiger partial charge >= 0.3 is 0 Å². The molecular formula is C20H19ClN6O. The summed E-state index contributed by atoms with van der Waals surface area (Å²) >= 11 is 6.30. The van der Waals surface area contributed by atoms with Crippen LogP contribution in [-0.2, 0) is 6.54 Å². The van der Waals surface area contributed by atoms with Gasteiger partial charge in [-0.3, -0.25) is 9.48 Å². The maximum atomic E-state index is 12.8. The molecule has 3 heterocycles. The zero-order chi connectivity index (χ0) is 19.8. The van der Waals surface area contributed by atoms with E-state index < -0.39 is 5.91 Å². The van der Waals surface area contributed by atoms with Crippen molar-refractivity contribution in [2.75, 3.05) is 5.32 Å². The first-order valence-corrected chi connectivity index (χ1v) is 9.21. The Morgan fingerprint density at radius 2 is 1.89 bits per heavy atom. The fourth-order valence-corrected chi connectivity index (χ4v) is 3.33. The lowest BCUT2D eigenvalue weighted by Gasteiger charge is -2.07. The fourth-order valence-electron chi connectivity index (χ4n) is 3.07. The summed E-state index contributed by atoms with van der Waals surface area (Å²) in [6, 6.07) is 10.0. The maximum Gasteiger partial charge on any atom is 0.277 e. The van der Waals surface area contributed by atoms with E-state index in [0.717, 1.165) is 17.0 Å². The number of nitrogens with one attached hydrogen (secondary N) is 1. The average molecular weight is 395 g/mol. The minimum atomic E-state index is -0.392.